The molecule has 13 heavy (non-hydrogen) atoms. The van der Waals surface area contributed by atoms with Crippen LogP contribution in [0.15, 0.2) is 10.6 Å². The van der Waals surface area contributed by atoms with Gasteiger partial charge in [-0.1, -0.05) is 5.16 Å². The van der Waals surface area contributed by atoms with Crippen molar-refractivity contribution in [2.24, 2.45) is 0 Å². The van der Waals surface area contributed by atoms with Gasteiger partial charge in [0.25, 0.3) is 0 Å². The molecule has 1 aromatic rings. The first-order valence-corrected chi connectivity index (χ1v) is 3.97. The number of hydrogen-bond donors (Lipinski definition) is 0. The van der Waals surface area contributed by atoms with E-state index in [1.807, 2.05) is 0 Å². The van der Waals surface area contributed by atoms with Gasteiger partial charge in [-0.3, -0.25) is 9.59 Å². The second-order valence-corrected chi connectivity index (χ2v) is 2.92. The van der Waals surface area contributed by atoms with Crippen LogP contribution in [0, 0.1) is 6.92 Å². The second kappa shape index (κ2) is 2.69. The molecule has 2 rings (SSSR count). The smallest absolute Gasteiger partial charge is 0.235 e. The number of rotatable bonds is 1. The van der Waals surface area contributed by atoms with E-state index in [-0.39, 0.29) is 24.7 Å². The number of hydrogen-bond acceptors (Lipinski definition) is 4. The van der Waals surface area contributed by atoms with Crippen LogP contribution in [0.1, 0.15) is 18.6 Å². The van der Waals surface area contributed by atoms with Crippen molar-refractivity contribution in [2.45, 2.75) is 19.8 Å². The van der Waals surface area contributed by atoms with Crippen LogP contribution in [0.25, 0.3) is 0 Å². The molecule has 1 saturated heterocycles. The highest BCUT2D eigenvalue weighted by Gasteiger charge is 2.32. The molecule has 68 valence electrons. The summed E-state index contributed by atoms with van der Waals surface area (Å²) in [7, 11) is 0. The maximum absolute atomic E-state index is 11.2. The van der Waals surface area contributed by atoms with Crippen molar-refractivity contribution in [3.05, 3.63) is 11.8 Å². The molecule has 0 saturated carbocycles. The highest BCUT2D eigenvalue weighted by Crippen LogP contribution is 2.21. The fourth-order valence-corrected chi connectivity index (χ4v) is 1.29. The van der Waals surface area contributed by atoms with Crippen molar-refractivity contribution in [3.63, 3.8) is 0 Å². The first-order valence-electron chi connectivity index (χ1n) is 3.97. The van der Waals surface area contributed by atoms with Gasteiger partial charge in [0.2, 0.25) is 11.8 Å². The average molecular weight is 180 g/mol. The summed E-state index contributed by atoms with van der Waals surface area (Å²) in [5.41, 5.74) is 0. The Morgan fingerprint density at radius 1 is 1.38 bits per heavy atom. The van der Waals surface area contributed by atoms with Crippen molar-refractivity contribution in [1.82, 2.24) is 5.16 Å². The van der Waals surface area contributed by atoms with E-state index in [0.717, 1.165) is 4.90 Å². The molecular formula is C8H8N2O3. The maximum atomic E-state index is 11.2. The topological polar surface area (TPSA) is 63.4 Å². The van der Waals surface area contributed by atoms with Crippen molar-refractivity contribution >= 4 is 17.6 Å². The molecule has 1 fully saturated rings. The molecule has 2 heterocycles. The molecule has 0 radical (unpaired) electrons. The lowest BCUT2D eigenvalue weighted by Crippen LogP contribution is -2.28. The third kappa shape index (κ3) is 1.22. The number of imide groups is 1. The van der Waals surface area contributed by atoms with Gasteiger partial charge in [-0.25, -0.2) is 4.90 Å². The van der Waals surface area contributed by atoms with Crippen molar-refractivity contribution < 1.29 is 14.1 Å². The zero-order valence-corrected chi connectivity index (χ0v) is 7.11. The van der Waals surface area contributed by atoms with Crippen LogP contribution in [-0.2, 0) is 9.59 Å². The Morgan fingerprint density at radius 3 is 2.46 bits per heavy atom. The lowest BCUT2D eigenvalue weighted by molar-refractivity contribution is -0.121. The van der Waals surface area contributed by atoms with E-state index in [4.69, 9.17) is 4.52 Å². The molecular weight excluding hydrogens is 172 g/mol. The zero-order chi connectivity index (χ0) is 9.42. The maximum Gasteiger partial charge on any atom is 0.235 e. The number of carbonyl (C=O) groups is 2. The SMILES string of the molecule is Cc1cc(N2C(=O)CCC2=O)no1. The minimum absolute atomic E-state index is 0.210. The van der Waals surface area contributed by atoms with E-state index in [2.05, 4.69) is 5.16 Å². The lowest BCUT2D eigenvalue weighted by Gasteiger charge is -2.07. The summed E-state index contributed by atoms with van der Waals surface area (Å²) in [6.45, 7) is 1.71. The highest BCUT2D eigenvalue weighted by molar-refractivity contribution is 6.19. The molecule has 5 heteroatoms. The van der Waals surface area contributed by atoms with Crippen molar-refractivity contribution in [3.8, 4) is 0 Å². The fourth-order valence-electron chi connectivity index (χ4n) is 1.29. The molecule has 1 aromatic heterocycles. The molecule has 0 spiro atoms. The van der Waals surface area contributed by atoms with Gasteiger partial charge >= 0.3 is 0 Å². The molecule has 1 aliphatic rings. The van der Waals surface area contributed by atoms with E-state index in [0.29, 0.717) is 11.6 Å². The molecule has 0 N–H and O–H groups in total. The van der Waals surface area contributed by atoms with Gasteiger partial charge in [-0.15, -0.1) is 0 Å². The molecule has 0 aromatic carbocycles. The van der Waals surface area contributed by atoms with E-state index < -0.39 is 0 Å². The Labute approximate surface area is 74.3 Å². The second-order valence-electron chi connectivity index (χ2n) is 2.92. The summed E-state index contributed by atoms with van der Waals surface area (Å²) in [6, 6.07) is 1.57. The minimum atomic E-state index is -0.210. The number of aromatic nitrogens is 1. The Bertz CT molecular complexity index is 353. The lowest BCUT2D eigenvalue weighted by atomic mass is 10.4. The molecule has 0 unspecified atom stereocenters. The number of carbonyl (C=O) groups excluding carboxylic acids is 2. The molecule has 5 nitrogen and oxygen atoms in total. The first kappa shape index (κ1) is 7.97. The number of anilines is 1. The van der Waals surface area contributed by atoms with Crippen molar-refractivity contribution in [1.29, 1.82) is 0 Å². The van der Waals surface area contributed by atoms with Crippen LogP contribution in [0.2, 0.25) is 0 Å². The summed E-state index contributed by atoms with van der Waals surface area (Å²) in [4.78, 5) is 23.5. The Balaban J connectivity index is 2.35. The number of nitrogens with zero attached hydrogens (tertiary/aromatic N) is 2. The predicted molar refractivity (Wildman–Crippen MR) is 43.0 cm³/mol. The average Bonchev–Trinajstić information content (AvgIpc) is 2.60. The van der Waals surface area contributed by atoms with Gasteiger partial charge in [0.05, 0.1) is 0 Å². The molecule has 1 aliphatic heterocycles. The van der Waals surface area contributed by atoms with Crippen LogP contribution in [-0.4, -0.2) is 17.0 Å². The zero-order valence-electron chi connectivity index (χ0n) is 7.11. The van der Waals surface area contributed by atoms with Gasteiger partial charge < -0.3 is 4.52 Å². The predicted octanol–water partition coefficient (Wildman–Crippen LogP) is 0.636. The molecule has 2 amide bonds. The van der Waals surface area contributed by atoms with Crippen LogP contribution >= 0.6 is 0 Å². The van der Waals surface area contributed by atoms with E-state index in [9.17, 15) is 9.59 Å². The van der Waals surface area contributed by atoms with Crippen LogP contribution < -0.4 is 4.90 Å². The van der Waals surface area contributed by atoms with Crippen molar-refractivity contribution in [2.75, 3.05) is 4.90 Å². The van der Waals surface area contributed by atoms with E-state index in [1.165, 1.54) is 0 Å². The summed E-state index contributed by atoms with van der Waals surface area (Å²) in [5, 5.41) is 3.61. The summed E-state index contributed by atoms with van der Waals surface area (Å²) >= 11 is 0. The Hall–Kier alpha value is -1.65. The molecule has 0 atom stereocenters. The largest absolute Gasteiger partial charge is 0.360 e. The third-order valence-corrected chi connectivity index (χ3v) is 1.90. The van der Waals surface area contributed by atoms with Crippen LogP contribution in [0.5, 0.6) is 0 Å². The third-order valence-electron chi connectivity index (χ3n) is 1.90. The Kier molecular flexibility index (Phi) is 1.65. The number of aryl methyl sites for hydroxylation is 1. The highest BCUT2D eigenvalue weighted by atomic mass is 16.5. The first-order chi connectivity index (χ1) is 6.18. The van der Waals surface area contributed by atoms with Crippen LogP contribution in [0.3, 0.4) is 0 Å². The quantitative estimate of drug-likeness (QED) is 0.595. The van der Waals surface area contributed by atoms with Gasteiger partial charge in [0.15, 0.2) is 5.82 Å². The summed E-state index contributed by atoms with van der Waals surface area (Å²) < 4.78 is 4.78. The van der Waals surface area contributed by atoms with Gasteiger partial charge in [-0.05, 0) is 6.92 Å². The monoisotopic (exact) mass is 180 g/mol. The Morgan fingerprint density at radius 2 is 2.00 bits per heavy atom. The normalized spacial score (nSPS) is 17.2. The van der Waals surface area contributed by atoms with Gasteiger partial charge in [0.1, 0.15) is 5.76 Å². The summed E-state index contributed by atoms with van der Waals surface area (Å²) in [6.07, 6.45) is 0.537. The standard InChI is InChI=1S/C8H8N2O3/c1-5-4-6(9-13-5)10-7(11)2-3-8(10)12/h4H,2-3H2,1H3. The van der Waals surface area contributed by atoms with Gasteiger partial charge in [0, 0.05) is 18.9 Å². The molecule has 0 bridgehead atoms. The van der Waals surface area contributed by atoms with E-state index >= 15 is 0 Å². The van der Waals surface area contributed by atoms with Crippen LogP contribution in [0.4, 0.5) is 5.82 Å². The van der Waals surface area contributed by atoms with Gasteiger partial charge in [-0.2, -0.15) is 0 Å². The summed E-state index contributed by atoms with van der Waals surface area (Å²) in [5.74, 6) is 0.462. The molecule has 0 aliphatic carbocycles. The minimum Gasteiger partial charge on any atom is -0.360 e. The number of amides is 2. The van der Waals surface area contributed by atoms with E-state index in [1.54, 1.807) is 13.0 Å². The fraction of sp³-hybridized carbons (Fsp3) is 0.375.